The number of nitrogens with zero attached hydrogens (tertiary/aromatic N) is 3. The van der Waals surface area contributed by atoms with Gasteiger partial charge in [0.15, 0.2) is 0 Å². The van der Waals surface area contributed by atoms with E-state index in [0.29, 0.717) is 0 Å². The summed E-state index contributed by atoms with van der Waals surface area (Å²) in [6, 6.07) is 8.11. The number of rotatable bonds is 2. The molecule has 0 amide bonds. The highest BCUT2D eigenvalue weighted by Crippen LogP contribution is 2.29. The minimum absolute atomic E-state index is 0.259. The molecule has 2 aromatic heterocycles. The van der Waals surface area contributed by atoms with E-state index in [4.69, 9.17) is 0 Å². The Labute approximate surface area is 103 Å². The molecule has 0 fully saturated rings. The molecule has 0 aliphatic carbocycles. The Kier molecular flexibility index (Phi) is 2.57. The zero-order valence-corrected chi connectivity index (χ0v) is 9.34. The van der Waals surface area contributed by atoms with Gasteiger partial charge in [-0.25, -0.2) is 4.39 Å². The van der Waals surface area contributed by atoms with Crippen molar-refractivity contribution in [2.75, 3.05) is 0 Å². The van der Waals surface area contributed by atoms with E-state index in [1.165, 1.54) is 12.1 Å². The summed E-state index contributed by atoms with van der Waals surface area (Å²) < 4.78 is 12.9. The molecule has 0 spiro atoms. The highest BCUT2D eigenvalue weighted by molar-refractivity contribution is 5.79. The molecule has 0 saturated heterocycles. The van der Waals surface area contributed by atoms with Gasteiger partial charge in [-0.05, 0) is 30.3 Å². The number of H-pyrrole nitrogens is 1. The molecular formula is C13H9FN4. The SMILES string of the molecule is Fc1ccc(-c2[nH]ncc2-c2ccnnc2)cc1. The van der Waals surface area contributed by atoms with E-state index in [0.717, 1.165) is 22.4 Å². The highest BCUT2D eigenvalue weighted by Gasteiger charge is 2.09. The molecule has 0 atom stereocenters. The van der Waals surface area contributed by atoms with E-state index in [1.807, 2.05) is 6.07 Å². The van der Waals surface area contributed by atoms with E-state index < -0.39 is 0 Å². The fourth-order valence-corrected chi connectivity index (χ4v) is 1.79. The molecule has 5 heteroatoms. The first-order valence-corrected chi connectivity index (χ1v) is 5.41. The van der Waals surface area contributed by atoms with Crippen molar-refractivity contribution < 1.29 is 4.39 Å². The van der Waals surface area contributed by atoms with Crippen LogP contribution in [-0.2, 0) is 0 Å². The zero-order valence-electron chi connectivity index (χ0n) is 9.34. The van der Waals surface area contributed by atoms with Crippen LogP contribution in [0.2, 0.25) is 0 Å². The van der Waals surface area contributed by atoms with Crippen LogP contribution in [0.4, 0.5) is 4.39 Å². The third kappa shape index (κ3) is 1.86. The molecular weight excluding hydrogens is 231 g/mol. The van der Waals surface area contributed by atoms with Crippen LogP contribution in [0, 0.1) is 5.82 Å². The maximum absolute atomic E-state index is 12.9. The lowest BCUT2D eigenvalue weighted by molar-refractivity contribution is 0.628. The minimum atomic E-state index is -0.259. The van der Waals surface area contributed by atoms with Crippen LogP contribution in [-0.4, -0.2) is 20.4 Å². The summed E-state index contributed by atoms with van der Waals surface area (Å²) in [5.41, 5.74) is 3.54. The van der Waals surface area contributed by atoms with E-state index in [2.05, 4.69) is 20.4 Å². The molecule has 1 N–H and O–H groups in total. The van der Waals surface area contributed by atoms with E-state index in [1.54, 1.807) is 30.7 Å². The first kappa shape index (κ1) is 10.6. The van der Waals surface area contributed by atoms with Crippen LogP contribution in [0.5, 0.6) is 0 Å². The van der Waals surface area contributed by atoms with Gasteiger partial charge in [-0.2, -0.15) is 15.3 Å². The Morgan fingerprint density at radius 3 is 2.44 bits per heavy atom. The molecule has 88 valence electrons. The fraction of sp³-hybridized carbons (Fsp3) is 0. The molecule has 0 aliphatic heterocycles. The summed E-state index contributed by atoms with van der Waals surface area (Å²) in [4.78, 5) is 0. The van der Waals surface area contributed by atoms with Gasteiger partial charge in [0.25, 0.3) is 0 Å². The number of nitrogens with one attached hydrogen (secondary N) is 1. The van der Waals surface area contributed by atoms with Gasteiger partial charge in [-0.3, -0.25) is 5.10 Å². The molecule has 1 aromatic carbocycles. The summed E-state index contributed by atoms with van der Waals surface area (Å²) >= 11 is 0. The predicted molar refractivity (Wildman–Crippen MR) is 65.0 cm³/mol. The average molecular weight is 240 g/mol. The molecule has 4 nitrogen and oxygen atoms in total. The van der Waals surface area contributed by atoms with Crippen molar-refractivity contribution in [3.63, 3.8) is 0 Å². The van der Waals surface area contributed by atoms with Crippen LogP contribution in [0.15, 0.2) is 48.9 Å². The Morgan fingerprint density at radius 1 is 0.889 bits per heavy atom. The summed E-state index contributed by atoms with van der Waals surface area (Å²) in [5, 5.41) is 14.5. The van der Waals surface area contributed by atoms with Crippen LogP contribution >= 0.6 is 0 Å². The molecule has 0 aliphatic rings. The number of halogens is 1. The van der Waals surface area contributed by atoms with Gasteiger partial charge in [-0.15, -0.1) is 0 Å². The number of aromatic nitrogens is 4. The summed E-state index contributed by atoms with van der Waals surface area (Å²) in [6.07, 6.45) is 5.00. The molecule has 3 aromatic rings. The molecule has 18 heavy (non-hydrogen) atoms. The first-order valence-electron chi connectivity index (χ1n) is 5.41. The standard InChI is InChI=1S/C13H9FN4/c14-11-3-1-9(2-4-11)13-12(8-17-18-13)10-5-6-15-16-7-10/h1-8H,(H,17,18). The quantitative estimate of drug-likeness (QED) is 0.749. The maximum atomic E-state index is 12.9. The van der Waals surface area contributed by atoms with Gasteiger partial charge in [0.05, 0.1) is 24.3 Å². The Bertz CT molecular complexity index is 646. The van der Waals surface area contributed by atoms with Gasteiger partial charge in [0, 0.05) is 16.7 Å². The van der Waals surface area contributed by atoms with Crippen LogP contribution < -0.4 is 0 Å². The molecule has 0 bridgehead atoms. The number of hydrogen-bond donors (Lipinski definition) is 1. The van der Waals surface area contributed by atoms with Gasteiger partial charge in [0.1, 0.15) is 5.82 Å². The summed E-state index contributed by atoms with van der Waals surface area (Å²) in [6.45, 7) is 0. The first-order chi connectivity index (χ1) is 8.84. The van der Waals surface area contributed by atoms with E-state index in [9.17, 15) is 4.39 Å². The fourth-order valence-electron chi connectivity index (χ4n) is 1.79. The van der Waals surface area contributed by atoms with Crippen molar-refractivity contribution in [1.82, 2.24) is 20.4 Å². The van der Waals surface area contributed by atoms with Gasteiger partial charge in [-0.1, -0.05) is 0 Å². The second-order valence-corrected chi connectivity index (χ2v) is 3.80. The molecule has 3 rings (SSSR count). The second-order valence-electron chi connectivity index (χ2n) is 3.80. The third-order valence-corrected chi connectivity index (χ3v) is 2.67. The minimum Gasteiger partial charge on any atom is -0.277 e. The molecule has 0 radical (unpaired) electrons. The Morgan fingerprint density at radius 2 is 1.72 bits per heavy atom. The van der Waals surface area contributed by atoms with Crippen molar-refractivity contribution in [3.05, 3.63) is 54.7 Å². The van der Waals surface area contributed by atoms with Crippen LogP contribution in [0.1, 0.15) is 0 Å². The normalized spacial score (nSPS) is 10.5. The molecule has 2 heterocycles. The topological polar surface area (TPSA) is 54.5 Å². The zero-order chi connectivity index (χ0) is 12.4. The largest absolute Gasteiger partial charge is 0.277 e. The number of hydrogen-bond acceptors (Lipinski definition) is 3. The van der Waals surface area contributed by atoms with Crippen molar-refractivity contribution in [2.24, 2.45) is 0 Å². The van der Waals surface area contributed by atoms with E-state index >= 15 is 0 Å². The van der Waals surface area contributed by atoms with E-state index in [-0.39, 0.29) is 5.82 Å². The lowest BCUT2D eigenvalue weighted by atomic mass is 10.0. The van der Waals surface area contributed by atoms with Crippen LogP contribution in [0.25, 0.3) is 22.4 Å². The lowest BCUT2D eigenvalue weighted by Gasteiger charge is -2.02. The third-order valence-electron chi connectivity index (χ3n) is 2.67. The summed E-state index contributed by atoms with van der Waals surface area (Å²) in [5.74, 6) is -0.259. The molecule has 0 saturated carbocycles. The Hall–Kier alpha value is -2.56. The van der Waals surface area contributed by atoms with Gasteiger partial charge < -0.3 is 0 Å². The Balaban J connectivity index is 2.10. The second kappa shape index (κ2) is 4.37. The molecule has 0 unspecified atom stereocenters. The monoisotopic (exact) mass is 240 g/mol. The summed E-state index contributed by atoms with van der Waals surface area (Å²) in [7, 11) is 0. The average Bonchev–Trinajstić information content (AvgIpc) is 2.90. The maximum Gasteiger partial charge on any atom is 0.123 e. The number of benzene rings is 1. The van der Waals surface area contributed by atoms with Gasteiger partial charge in [0.2, 0.25) is 0 Å². The lowest BCUT2D eigenvalue weighted by Crippen LogP contribution is -1.85. The van der Waals surface area contributed by atoms with Crippen molar-refractivity contribution in [2.45, 2.75) is 0 Å². The predicted octanol–water partition coefficient (Wildman–Crippen LogP) is 2.67. The smallest absolute Gasteiger partial charge is 0.123 e. The van der Waals surface area contributed by atoms with Crippen LogP contribution in [0.3, 0.4) is 0 Å². The number of aromatic amines is 1. The highest BCUT2D eigenvalue weighted by atomic mass is 19.1. The van der Waals surface area contributed by atoms with Crippen molar-refractivity contribution in [3.8, 4) is 22.4 Å². The van der Waals surface area contributed by atoms with Gasteiger partial charge >= 0.3 is 0 Å². The van der Waals surface area contributed by atoms with Crippen molar-refractivity contribution in [1.29, 1.82) is 0 Å². The van der Waals surface area contributed by atoms with Crippen molar-refractivity contribution >= 4 is 0 Å².